The van der Waals surface area contributed by atoms with Crippen molar-refractivity contribution in [2.24, 2.45) is 0 Å². The van der Waals surface area contributed by atoms with Crippen molar-refractivity contribution in [3.63, 3.8) is 0 Å². The Morgan fingerprint density at radius 2 is 1.61 bits per heavy atom. The molecule has 0 bridgehead atoms. The Morgan fingerprint density at radius 3 is 2.21 bits per heavy atom. The van der Waals surface area contributed by atoms with Crippen molar-refractivity contribution in [3.05, 3.63) is 83.2 Å². The number of phenols is 2. The maximum absolute atomic E-state index is 11.7. The zero-order valence-corrected chi connectivity index (χ0v) is 17.5. The first-order chi connectivity index (χ1) is 12.7. The summed E-state index contributed by atoms with van der Waals surface area (Å²) in [7, 11) is -4.84. The summed E-state index contributed by atoms with van der Waals surface area (Å²) in [5, 5.41) is 29.1. The third kappa shape index (κ3) is 4.37. The molecule has 0 saturated heterocycles. The molecule has 2 aromatic rings. The van der Waals surface area contributed by atoms with Crippen LogP contribution in [0.3, 0.4) is 0 Å². The van der Waals surface area contributed by atoms with Crippen LogP contribution in [0.4, 0.5) is 0 Å². The summed E-state index contributed by atoms with van der Waals surface area (Å²) in [6, 6.07) is 9.22. The van der Waals surface area contributed by atoms with Crippen molar-refractivity contribution in [3.8, 4) is 11.5 Å². The summed E-state index contributed by atoms with van der Waals surface area (Å²) in [6.07, 6.45) is 3.59. The predicted octanol–water partition coefficient (Wildman–Crippen LogP) is -0.611. The minimum atomic E-state index is -4.84. The number of ketones is 1. The molecule has 138 valence electrons. The van der Waals surface area contributed by atoms with E-state index in [-0.39, 0.29) is 57.6 Å². The van der Waals surface area contributed by atoms with Gasteiger partial charge in [-0.15, -0.1) is 0 Å². The van der Waals surface area contributed by atoms with Gasteiger partial charge in [0.1, 0.15) is 10.1 Å². The molecule has 7 nitrogen and oxygen atoms in total. The van der Waals surface area contributed by atoms with Gasteiger partial charge in [-0.25, -0.2) is 8.42 Å². The average molecular weight is 408 g/mol. The number of aliphatic hydroxyl groups excluding tert-OH is 1. The van der Waals surface area contributed by atoms with Gasteiger partial charge in [-0.1, -0.05) is 30.3 Å². The van der Waals surface area contributed by atoms with Crippen molar-refractivity contribution in [1.82, 2.24) is 0 Å². The van der Waals surface area contributed by atoms with Gasteiger partial charge in [0.05, 0.1) is 4.90 Å². The molecule has 3 N–H and O–H groups in total. The first-order valence-corrected chi connectivity index (χ1v) is 9.04. The van der Waals surface area contributed by atoms with Gasteiger partial charge in [-0.2, -0.15) is 0 Å². The molecule has 0 amide bonds. The number of benzene rings is 2. The van der Waals surface area contributed by atoms with Gasteiger partial charge in [0.25, 0.3) is 0 Å². The van der Waals surface area contributed by atoms with E-state index in [1.807, 2.05) is 0 Å². The second-order valence-corrected chi connectivity index (χ2v) is 7.06. The van der Waals surface area contributed by atoms with Gasteiger partial charge >= 0.3 is 29.6 Å². The molecule has 0 atom stereocenters. The van der Waals surface area contributed by atoms with Crippen LogP contribution >= 0.6 is 0 Å². The Hall–Kier alpha value is -2.36. The van der Waals surface area contributed by atoms with E-state index in [0.29, 0.717) is 0 Å². The largest absolute Gasteiger partial charge is 1.00 e. The van der Waals surface area contributed by atoms with E-state index < -0.39 is 32.3 Å². The maximum Gasteiger partial charge on any atom is 1.00 e. The summed E-state index contributed by atoms with van der Waals surface area (Å²) in [5.41, 5.74) is 0.707. The van der Waals surface area contributed by atoms with E-state index in [9.17, 15) is 33.1 Å². The summed E-state index contributed by atoms with van der Waals surface area (Å²) < 4.78 is 35.1. The number of carbonyl (C=O) groups is 1. The molecule has 28 heavy (non-hydrogen) atoms. The molecule has 9 heteroatoms. The van der Waals surface area contributed by atoms with Crippen LogP contribution in [-0.4, -0.2) is 34.1 Å². The van der Waals surface area contributed by atoms with Crippen molar-refractivity contribution in [1.29, 1.82) is 0 Å². The molecular weight excluding hydrogens is 395 g/mol. The third-order valence-corrected chi connectivity index (χ3v) is 4.83. The van der Waals surface area contributed by atoms with Crippen LogP contribution < -0.4 is 29.6 Å². The molecule has 1 aliphatic carbocycles. The van der Waals surface area contributed by atoms with Crippen molar-refractivity contribution in [2.45, 2.75) is 4.90 Å². The van der Waals surface area contributed by atoms with Crippen LogP contribution in [0.15, 0.2) is 76.9 Å². The number of allylic oxidation sites excluding steroid dienone is 4. The van der Waals surface area contributed by atoms with Crippen LogP contribution in [0.2, 0.25) is 0 Å². The fourth-order valence-electron chi connectivity index (χ4n) is 2.72. The molecule has 0 aliphatic heterocycles. The van der Waals surface area contributed by atoms with E-state index in [0.717, 1.165) is 18.2 Å². The number of phenolic OH excluding ortho intramolecular Hbond substituents is 2. The van der Waals surface area contributed by atoms with E-state index in [1.165, 1.54) is 42.5 Å². The molecule has 2 aromatic carbocycles. The number of rotatable bonds is 3. The third-order valence-electron chi connectivity index (χ3n) is 3.94. The zero-order valence-electron chi connectivity index (χ0n) is 14.7. The van der Waals surface area contributed by atoms with Crippen LogP contribution in [0.5, 0.6) is 11.5 Å². The molecule has 0 fully saturated rings. The Balaban J connectivity index is 0.00000280. The number of aromatic hydroxyl groups is 2. The second kappa shape index (κ2) is 8.34. The van der Waals surface area contributed by atoms with Gasteiger partial charge < -0.3 is 19.9 Å². The van der Waals surface area contributed by atoms with Gasteiger partial charge in [0.15, 0.2) is 17.3 Å². The Morgan fingerprint density at radius 1 is 0.929 bits per heavy atom. The van der Waals surface area contributed by atoms with E-state index in [4.69, 9.17) is 0 Å². The minimum Gasteiger partial charge on any atom is -0.744 e. The second-order valence-electron chi connectivity index (χ2n) is 5.71. The monoisotopic (exact) mass is 408 g/mol. The zero-order chi connectivity index (χ0) is 19.8. The van der Waals surface area contributed by atoms with Crippen molar-refractivity contribution in [2.75, 3.05) is 0 Å². The van der Waals surface area contributed by atoms with Crippen LogP contribution in [0, 0.1) is 0 Å². The quantitative estimate of drug-likeness (QED) is 0.350. The molecule has 1 aliphatic rings. The van der Waals surface area contributed by atoms with E-state index in [2.05, 4.69) is 0 Å². The van der Waals surface area contributed by atoms with E-state index >= 15 is 0 Å². The summed E-state index contributed by atoms with van der Waals surface area (Å²) in [4.78, 5) is 11.0. The smallest absolute Gasteiger partial charge is 0.744 e. The minimum absolute atomic E-state index is 0. The van der Waals surface area contributed by atoms with Gasteiger partial charge in [0.2, 0.25) is 5.78 Å². The van der Waals surface area contributed by atoms with E-state index in [1.54, 1.807) is 0 Å². The van der Waals surface area contributed by atoms with Crippen LogP contribution in [0.25, 0.3) is 5.57 Å². The van der Waals surface area contributed by atoms with Crippen LogP contribution in [0.1, 0.15) is 11.1 Å². The Labute approximate surface area is 183 Å². The number of hydrogen-bond donors (Lipinski definition) is 3. The molecule has 0 spiro atoms. The molecule has 0 heterocycles. The summed E-state index contributed by atoms with van der Waals surface area (Å²) in [5.74, 6) is -2.04. The predicted molar refractivity (Wildman–Crippen MR) is 95.1 cm³/mol. The number of carbonyl (C=O) groups excluding carboxylic acids is 1. The normalized spacial score (nSPS) is 15.6. The van der Waals surface area contributed by atoms with Gasteiger partial charge in [-0.3, -0.25) is 4.79 Å². The summed E-state index contributed by atoms with van der Waals surface area (Å²) in [6.45, 7) is 0. The van der Waals surface area contributed by atoms with Gasteiger partial charge in [-0.05, 0) is 47.1 Å². The molecule has 3 rings (SSSR count). The topological polar surface area (TPSA) is 135 Å². The fraction of sp³-hybridized carbons (Fsp3) is 0. The first-order valence-electron chi connectivity index (χ1n) is 7.63. The Kier molecular flexibility index (Phi) is 6.53. The van der Waals surface area contributed by atoms with Crippen molar-refractivity contribution >= 4 is 21.5 Å². The van der Waals surface area contributed by atoms with Gasteiger partial charge in [0, 0.05) is 5.56 Å². The fourth-order valence-corrected chi connectivity index (χ4v) is 3.41. The molecule has 0 radical (unpaired) electrons. The molecule has 0 saturated carbocycles. The average Bonchev–Trinajstić information content (AvgIpc) is 2.61. The SMILES string of the molecule is O=C1C=C/C(=C(\c2ccc(O)c(O)c2)c2ccccc2S(=O)(=O)[O-])C=C1O.[Na+]. The number of hydrogen-bond acceptors (Lipinski definition) is 7. The Bertz CT molecular complexity index is 1140. The standard InChI is InChI=1S/C19H14O7S.Na/c20-14-7-5-11(9-16(14)22)19(12-6-8-15(21)17(23)10-12)13-3-1-2-4-18(13)27(24,25)26;/h1-10,20,22-23H,(H,24,25,26);/q;+1/p-1/b19-12-;. The van der Waals surface area contributed by atoms with Crippen molar-refractivity contribution < 1.29 is 62.6 Å². The molecular formula is C19H13NaO7S. The number of aliphatic hydroxyl groups is 1. The molecule has 0 aromatic heterocycles. The maximum atomic E-state index is 11.7. The van der Waals surface area contributed by atoms with Crippen LogP contribution in [-0.2, 0) is 14.9 Å². The molecule has 0 unspecified atom stereocenters. The first kappa shape index (κ1) is 21.9. The summed E-state index contributed by atoms with van der Waals surface area (Å²) >= 11 is 0.